The fourth-order valence-corrected chi connectivity index (χ4v) is 1.24. The highest BCUT2D eigenvalue weighted by atomic mass is 14.0. The second kappa shape index (κ2) is 4.15. The van der Waals surface area contributed by atoms with Crippen LogP contribution >= 0.6 is 0 Å². The summed E-state index contributed by atoms with van der Waals surface area (Å²) < 4.78 is 0. The van der Waals surface area contributed by atoms with Crippen LogP contribution in [0.2, 0.25) is 6.32 Å². The summed E-state index contributed by atoms with van der Waals surface area (Å²) in [6.45, 7) is 6.15. The molecule has 0 aliphatic heterocycles. The van der Waals surface area contributed by atoms with E-state index in [1.54, 1.807) is 0 Å². The first-order valence-corrected chi connectivity index (χ1v) is 4.49. The summed E-state index contributed by atoms with van der Waals surface area (Å²) in [5.74, 6) is 0. The van der Waals surface area contributed by atoms with E-state index in [4.69, 9.17) is 0 Å². The topological polar surface area (TPSA) is 0 Å². The number of benzene rings is 1. The third-order valence-electron chi connectivity index (χ3n) is 2.01. The highest BCUT2D eigenvalue weighted by Gasteiger charge is 1.95. The van der Waals surface area contributed by atoms with E-state index < -0.39 is 0 Å². The molecule has 62 valence electrons. The monoisotopic (exact) mass is 158 g/mol. The summed E-state index contributed by atoms with van der Waals surface area (Å²) >= 11 is 0. The SMILES string of the molecule is BCCC(=C)c1ccc(C)cc1. The standard InChI is InChI=1S/C11H15B/c1-9-3-5-11(6-4-9)10(2)7-8-12/h3-6H,2,7-8,12H2,1H3. The first kappa shape index (κ1) is 9.12. The second-order valence-corrected chi connectivity index (χ2v) is 3.22. The molecule has 0 heterocycles. The van der Waals surface area contributed by atoms with Gasteiger partial charge in [0.15, 0.2) is 0 Å². The van der Waals surface area contributed by atoms with Gasteiger partial charge >= 0.3 is 0 Å². The van der Waals surface area contributed by atoms with E-state index in [9.17, 15) is 0 Å². The second-order valence-electron chi connectivity index (χ2n) is 3.22. The molecule has 0 aromatic heterocycles. The summed E-state index contributed by atoms with van der Waals surface area (Å²) in [4.78, 5) is 0. The Balaban J connectivity index is 2.75. The Labute approximate surface area is 75.7 Å². The van der Waals surface area contributed by atoms with E-state index in [2.05, 4.69) is 45.6 Å². The van der Waals surface area contributed by atoms with Crippen LogP contribution in [-0.2, 0) is 0 Å². The van der Waals surface area contributed by atoms with Gasteiger partial charge in [0.25, 0.3) is 0 Å². The zero-order chi connectivity index (χ0) is 8.97. The van der Waals surface area contributed by atoms with Crippen LogP contribution in [0, 0.1) is 6.92 Å². The van der Waals surface area contributed by atoms with Gasteiger partial charge in [-0.25, -0.2) is 0 Å². The normalized spacial score (nSPS) is 9.75. The average Bonchev–Trinajstić information content (AvgIpc) is 2.06. The molecule has 0 nitrogen and oxygen atoms in total. The number of hydrogen-bond acceptors (Lipinski definition) is 0. The fraction of sp³-hybridized carbons (Fsp3) is 0.273. The molecule has 0 spiro atoms. The van der Waals surface area contributed by atoms with E-state index in [1.807, 2.05) is 0 Å². The van der Waals surface area contributed by atoms with Gasteiger partial charge in [0.1, 0.15) is 7.85 Å². The summed E-state index contributed by atoms with van der Waals surface area (Å²) in [7, 11) is 2.18. The molecule has 0 N–H and O–H groups in total. The first-order valence-electron chi connectivity index (χ1n) is 4.49. The Hall–Kier alpha value is -0.975. The lowest BCUT2D eigenvalue weighted by Gasteiger charge is -2.03. The predicted octanol–water partition coefficient (Wildman–Crippen LogP) is 2.45. The van der Waals surface area contributed by atoms with E-state index in [0.717, 1.165) is 6.42 Å². The molecule has 0 amide bonds. The number of aryl methyl sites for hydroxylation is 1. The minimum Gasteiger partial charge on any atom is -0.0953 e. The van der Waals surface area contributed by atoms with Crippen LogP contribution in [0.15, 0.2) is 30.8 Å². The molecule has 1 aromatic carbocycles. The van der Waals surface area contributed by atoms with Crippen molar-refractivity contribution < 1.29 is 0 Å². The summed E-state index contributed by atoms with van der Waals surface area (Å²) in [5, 5.41) is 0. The van der Waals surface area contributed by atoms with E-state index in [0.29, 0.717) is 0 Å². The van der Waals surface area contributed by atoms with Gasteiger partial charge in [-0.05, 0) is 24.5 Å². The Morgan fingerprint density at radius 1 is 1.33 bits per heavy atom. The van der Waals surface area contributed by atoms with Crippen LogP contribution in [0.5, 0.6) is 0 Å². The zero-order valence-corrected chi connectivity index (χ0v) is 7.93. The molecule has 12 heavy (non-hydrogen) atoms. The lowest BCUT2D eigenvalue weighted by atomic mass is 9.94. The van der Waals surface area contributed by atoms with Crippen LogP contribution < -0.4 is 0 Å². The molecule has 1 heteroatoms. The lowest BCUT2D eigenvalue weighted by Crippen LogP contribution is -1.82. The molecule has 0 aliphatic carbocycles. The van der Waals surface area contributed by atoms with E-state index >= 15 is 0 Å². The van der Waals surface area contributed by atoms with E-state index in [-0.39, 0.29) is 0 Å². The smallest absolute Gasteiger partial charge is 0.0953 e. The van der Waals surface area contributed by atoms with Crippen molar-refractivity contribution in [3.63, 3.8) is 0 Å². The highest BCUT2D eigenvalue weighted by Crippen LogP contribution is 2.17. The minimum absolute atomic E-state index is 1.10. The molecule has 0 radical (unpaired) electrons. The number of hydrogen-bond donors (Lipinski definition) is 0. The maximum atomic E-state index is 4.04. The average molecular weight is 158 g/mol. The van der Waals surface area contributed by atoms with Crippen LogP contribution in [-0.4, -0.2) is 7.85 Å². The Morgan fingerprint density at radius 2 is 1.92 bits per heavy atom. The van der Waals surface area contributed by atoms with Crippen LogP contribution in [0.1, 0.15) is 17.5 Å². The predicted molar refractivity (Wildman–Crippen MR) is 58.2 cm³/mol. The molecule has 0 fully saturated rings. The molecule has 0 unspecified atom stereocenters. The lowest BCUT2D eigenvalue weighted by molar-refractivity contribution is 1.23. The van der Waals surface area contributed by atoms with Crippen molar-refractivity contribution in [3.05, 3.63) is 42.0 Å². The van der Waals surface area contributed by atoms with Crippen molar-refractivity contribution >= 4 is 13.4 Å². The van der Waals surface area contributed by atoms with Crippen molar-refractivity contribution in [2.45, 2.75) is 19.7 Å². The molecular weight excluding hydrogens is 143 g/mol. The molecule has 0 aliphatic rings. The van der Waals surface area contributed by atoms with Crippen molar-refractivity contribution in [2.24, 2.45) is 0 Å². The molecule has 0 bridgehead atoms. The molecule has 0 saturated heterocycles. The summed E-state index contributed by atoms with van der Waals surface area (Å²) in [6.07, 6.45) is 2.27. The van der Waals surface area contributed by atoms with Gasteiger partial charge in [-0.3, -0.25) is 0 Å². The van der Waals surface area contributed by atoms with Gasteiger partial charge in [0.05, 0.1) is 0 Å². The van der Waals surface area contributed by atoms with Gasteiger partial charge in [0.2, 0.25) is 0 Å². The molecular formula is C11H15B. The van der Waals surface area contributed by atoms with Crippen molar-refractivity contribution in [3.8, 4) is 0 Å². The third kappa shape index (κ3) is 2.26. The Morgan fingerprint density at radius 3 is 2.42 bits per heavy atom. The van der Waals surface area contributed by atoms with Gasteiger partial charge < -0.3 is 0 Å². The largest absolute Gasteiger partial charge is 0.101 e. The van der Waals surface area contributed by atoms with Crippen molar-refractivity contribution in [2.75, 3.05) is 0 Å². The molecule has 0 saturated carbocycles. The Kier molecular flexibility index (Phi) is 3.15. The molecule has 1 aromatic rings. The minimum atomic E-state index is 1.10. The maximum Gasteiger partial charge on any atom is 0.101 e. The fourth-order valence-electron chi connectivity index (χ4n) is 1.24. The van der Waals surface area contributed by atoms with Crippen LogP contribution in [0.25, 0.3) is 5.57 Å². The van der Waals surface area contributed by atoms with Crippen LogP contribution in [0.4, 0.5) is 0 Å². The number of rotatable bonds is 3. The van der Waals surface area contributed by atoms with Gasteiger partial charge in [-0.15, -0.1) is 0 Å². The molecule has 1 rings (SSSR count). The van der Waals surface area contributed by atoms with Gasteiger partial charge in [-0.1, -0.05) is 42.7 Å². The highest BCUT2D eigenvalue weighted by molar-refractivity contribution is 6.09. The third-order valence-corrected chi connectivity index (χ3v) is 2.01. The van der Waals surface area contributed by atoms with Gasteiger partial charge in [0, 0.05) is 0 Å². The van der Waals surface area contributed by atoms with Gasteiger partial charge in [-0.2, -0.15) is 0 Å². The van der Waals surface area contributed by atoms with Crippen molar-refractivity contribution in [1.29, 1.82) is 0 Å². The van der Waals surface area contributed by atoms with Crippen molar-refractivity contribution in [1.82, 2.24) is 0 Å². The maximum absolute atomic E-state index is 4.04. The quantitative estimate of drug-likeness (QED) is 0.592. The summed E-state index contributed by atoms with van der Waals surface area (Å²) in [6, 6.07) is 8.56. The first-order chi connectivity index (χ1) is 5.74. The zero-order valence-electron chi connectivity index (χ0n) is 7.93. The number of allylic oxidation sites excluding steroid dienone is 1. The molecule has 0 atom stereocenters. The summed E-state index contributed by atoms with van der Waals surface area (Å²) in [5.41, 5.74) is 3.84. The van der Waals surface area contributed by atoms with Crippen LogP contribution in [0.3, 0.4) is 0 Å². The Bertz CT molecular complexity index is 259. The van der Waals surface area contributed by atoms with E-state index in [1.165, 1.54) is 23.0 Å².